The van der Waals surface area contributed by atoms with E-state index in [-0.39, 0.29) is 0 Å². The molecule has 3 heteroatoms. The molecular weight excluding hydrogens is 238 g/mol. The average Bonchev–Trinajstić information content (AvgIpc) is 2.45. The number of unbranched alkanes of at least 4 members (excludes halogenated alkanes) is 1. The van der Waals surface area contributed by atoms with E-state index in [0.717, 1.165) is 32.7 Å². The highest BCUT2D eigenvalue weighted by molar-refractivity contribution is 4.80. The molecule has 0 saturated carbocycles. The highest BCUT2D eigenvalue weighted by Gasteiger charge is 2.26. The molecule has 0 aromatic rings. The summed E-state index contributed by atoms with van der Waals surface area (Å²) in [4.78, 5) is 0. The van der Waals surface area contributed by atoms with Gasteiger partial charge in [-0.1, -0.05) is 33.6 Å². The van der Waals surface area contributed by atoms with Gasteiger partial charge in [0.05, 0.1) is 13.2 Å². The van der Waals surface area contributed by atoms with Crippen molar-refractivity contribution in [3.8, 4) is 0 Å². The second-order valence-corrected chi connectivity index (χ2v) is 5.45. The summed E-state index contributed by atoms with van der Waals surface area (Å²) < 4.78 is 10.6. The molecule has 19 heavy (non-hydrogen) atoms. The number of hydrogen-bond donors (Lipinski definition) is 1. The standard InChI is InChI=1S/C16H35NO2/c1-5-8-10-16(6-2,15-17-7-3)11-9-12-19-14-13-18-4/h17H,5-15H2,1-4H3. The molecule has 116 valence electrons. The Kier molecular flexibility index (Phi) is 12.8. The topological polar surface area (TPSA) is 30.5 Å². The van der Waals surface area contributed by atoms with Crippen molar-refractivity contribution in [2.24, 2.45) is 5.41 Å². The van der Waals surface area contributed by atoms with Gasteiger partial charge in [-0.15, -0.1) is 0 Å². The first-order valence-corrected chi connectivity index (χ1v) is 8.02. The van der Waals surface area contributed by atoms with E-state index in [1.165, 1.54) is 32.1 Å². The summed E-state index contributed by atoms with van der Waals surface area (Å²) in [6.45, 7) is 11.3. The zero-order valence-corrected chi connectivity index (χ0v) is 13.6. The lowest BCUT2D eigenvalue weighted by Crippen LogP contribution is -2.34. The van der Waals surface area contributed by atoms with E-state index >= 15 is 0 Å². The molecule has 0 aromatic carbocycles. The maximum Gasteiger partial charge on any atom is 0.0700 e. The molecule has 0 fully saturated rings. The van der Waals surface area contributed by atoms with Gasteiger partial charge in [-0.05, 0) is 37.6 Å². The fraction of sp³-hybridized carbons (Fsp3) is 1.00. The Balaban J connectivity index is 4.00. The average molecular weight is 273 g/mol. The number of methoxy groups -OCH3 is 1. The van der Waals surface area contributed by atoms with E-state index < -0.39 is 0 Å². The Morgan fingerprint density at radius 2 is 1.68 bits per heavy atom. The van der Waals surface area contributed by atoms with Crippen molar-refractivity contribution in [1.82, 2.24) is 5.32 Å². The second-order valence-electron chi connectivity index (χ2n) is 5.45. The van der Waals surface area contributed by atoms with Crippen molar-refractivity contribution in [2.75, 3.05) is 40.0 Å². The van der Waals surface area contributed by atoms with Crippen molar-refractivity contribution >= 4 is 0 Å². The largest absolute Gasteiger partial charge is 0.382 e. The van der Waals surface area contributed by atoms with Crippen LogP contribution < -0.4 is 5.32 Å². The molecule has 0 radical (unpaired) electrons. The van der Waals surface area contributed by atoms with Crippen LogP contribution in [0.4, 0.5) is 0 Å². The number of hydrogen-bond acceptors (Lipinski definition) is 3. The first-order chi connectivity index (χ1) is 9.24. The minimum absolute atomic E-state index is 0.469. The third-order valence-corrected chi connectivity index (χ3v) is 3.99. The van der Waals surface area contributed by atoms with E-state index in [0.29, 0.717) is 12.0 Å². The van der Waals surface area contributed by atoms with Crippen molar-refractivity contribution in [3.05, 3.63) is 0 Å². The van der Waals surface area contributed by atoms with Crippen LogP contribution in [0.5, 0.6) is 0 Å². The summed E-state index contributed by atoms with van der Waals surface area (Å²) in [5.41, 5.74) is 0.469. The number of ether oxygens (including phenoxy) is 2. The van der Waals surface area contributed by atoms with Crippen molar-refractivity contribution in [3.63, 3.8) is 0 Å². The zero-order valence-electron chi connectivity index (χ0n) is 13.6. The molecule has 0 bridgehead atoms. The Morgan fingerprint density at radius 3 is 2.26 bits per heavy atom. The smallest absolute Gasteiger partial charge is 0.0700 e. The van der Waals surface area contributed by atoms with Crippen LogP contribution in [0.3, 0.4) is 0 Å². The predicted molar refractivity (Wildman–Crippen MR) is 82.7 cm³/mol. The molecular formula is C16H35NO2. The Morgan fingerprint density at radius 1 is 0.947 bits per heavy atom. The molecule has 0 heterocycles. The fourth-order valence-corrected chi connectivity index (χ4v) is 2.52. The van der Waals surface area contributed by atoms with Gasteiger partial charge >= 0.3 is 0 Å². The van der Waals surface area contributed by atoms with Gasteiger partial charge in [0.25, 0.3) is 0 Å². The summed E-state index contributed by atoms with van der Waals surface area (Å²) in [6, 6.07) is 0. The minimum atomic E-state index is 0.469. The van der Waals surface area contributed by atoms with Crippen molar-refractivity contribution in [1.29, 1.82) is 0 Å². The van der Waals surface area contributed by atoms with Gasteiger partial charge in [-0.3, -0.25) is 0 Å². The molecule has 0 aliphatic carbocycles. The van der Waals surface area contributed by atoms with Crippen molar-refractivity contribution < 1.29 is 9.47 Å². The lowest BCUT2D eigenvalue weighted by molar-refractivity contribution is 0.0619. The highest BCUT2D eigenvalue weighted by atomic mass is 16.5. The molecule has 0 rings (SSSR count). The van der Waals surface area contributed by atoms with Crippen LogP contribution in [0.1, 0.15) is 59.3 Å². The maximum absolute atomic E-state index is 5.58. The molecule has 3 nitrogen and oxygen atoms in total. The van der Waals surface area contributed by atoms with Gasteiger partial charge in [0.2, 0.25) is 0 Å². The Hall–Kier alpha value is -0.120. The lowest BCUT2D eigenvalue weighted by Gasteiger charge is -2.33. The quantitative estimate of drug-likeness (QED) is 0.490. The van der Waals surface area contributed by atoms with Crippen LogP contribution >= 0.6 is 0 Å². The van der Waals surface area contributed by atoms with Gasteiger partial charge in [0, 0.05) is 20.3 Å². The van der Waals surface area contributed by atoms with Crippen LogP contribution in [0.25, 0.3) is 0 Å². The lowest BCUT2D eigenvalue weighted by atomic mass is 9.76. The molecule has 0 saturated heterocycles. The monoisotopic (exact) mass is 273 g/mol. The second kappa shape index (κ2) is 12.9. The molecule has 1 N–H and O–H groups in total. The van der Waals surface area contributed by atoms with E-state index in [9.17, 15) is 0 Å². The fourth-order valence-electron chi connectivity index (χ4n) is 2.52. The SMILES string of the molecule is CCCCC(CC)(CCCOCCOC)CNCC. The van der Waals surface area contributed by atoms with Gasteiger partial charge < -0.3 is 14.8 Å². The van der Waals surface area contributed by atoms with Crippen LogP contribution in [0.2, 0.25) is 0 Å². The maximum atomic E-state index is 5.58. The van der Waals surface area contributed by atoms with E-state index in [4.69, 9.17) is 9.47 Å². The first kappa shape index (κ1) is 18.9. The number of nitrogens with one attached hydrogen (secondary N) is 1. The molecule has 0 aliphatic heterocycles. The van der Waals surface area contributed by atoms with E-state index in [2.05, 4.69) is 26.1 Å². The molecule has 0 amide bonds. The van der Waals surface area contributed by atoms with Gasteiger partial charge in [-0.2, -0.15) is 0 Å². The third kappa shape index (κ3) is 9.42. The first-order valence-electron chi connectivity index (χ1n) is 8.02. The summed E-state index contributed by atoms with van der Waals surface area (Å²) >= 11 is 0. The summed E-state index contributed by atoms with van der Waals surface area (Å²) in [6.07, 6.45) is 7.65. The van der Waals surface area contributed by atoms with E-state index in [1.807, 2.05) is 0 Å². The Bertz CT molecular complexity index is 178. The molecule has 1 unspecified atom stereocenters. The van der Waals surface area contributed by atoms with Crippen LogP contribution in [0.15, 0.2) is 0 Å². The zero-order chi connectivity index (χ0) is 14.4. The van der Waals surface area contributed by atoms with Crippen molar-refractivity contribution in [2.45, 2.75) is 59.3 Å². The van der Waals surface area contributed by atoms with Gasteiger partial charge in [-0.25, -0.2) is 0 Å². The molecule has 0 aliphatic rings. The minimum Gasteiger partial charge on any atom is -0.382 e. The molecule has 0 aromatic heterocycles. The normalized spacial score (nSPS) is 14.5. The number of rotatable bonds is 14. The van der Waals surface area contributed by atoms with Crippen LogP contribution in [-0.4, -0.2) is 40.0 Å². The third-order valence-electron chi connectivity index (χ3n) is 3.99. The van der Waals surface area contributed by atoms with Crippen LogP contribution in [0, 0.1) is 5.41 Å². The summed E-state index contributed by atoms with van der Waals surface area (Å²) in [7, 11) is 1.71. The predicted octanol–water partition coefficient (Wildman–Crippen LogP) is 3.63. The molecule has 0 spiro atoms. The van der Waals surface area contributed by atoms with Crippen LogP contribution in [-0.2, 0) is 9.47 Å². The Labute approximate surface area is 120 Å². The molecule has 1 atom stereocenters. The van der Waals surface area contributed by atoms with E-state index in [1.54, 1.807) is 7.11 Å². The van der Waals surface area contributed by atoms with Gasteiger partial charge in [0.1, 0.15) is 0 Å². The highest BCUT2D eigenvalue weighted by Crippen LogP contribution is 2.33. The summed E-state index contributed by atoms with van der Waals surface area (Å²) in [5.74, 6) is 0. The van der Waals surface area contributed by atoms with Gasteiger partial charge in [0.15, 0.2) is 0 Å². The summed E-state index contributed by atoms with van der Waals surface area (Å²) in [5, 5.41) is 3.55.